The van der Waals surface area contributed by atoms with Gasteiger partial charge in [0.1, 0.15) is 5.84 Å². The lowest BCUT2D eigenvalue weighted by molar-refractivity contribution is -0.140. The Bertz CT molecular complexity index is 738. The third-order valence-electron chi connectivity index (χ3n) is 3.98. The summed E-state index contributed by atoms with van der Waals surface area (Å²) in [4.78, 5) is 29.6. The molecule has 3 N–H and O–H groups in total. The van der Waals surface area contributed by atoms with Crippen LogP contribution in [0.25, 0.3) is 0 Å². The fourth-order valence-corrected chi connectivity index (χ4v) is 2.79. The van der Waals surface area contributed by atoms with Gasteiger partial charge in [-0.15, -0.1) is 0 Å². The van der Waals surface area contributed by atoms with Crippen LogP contribution < -0.4 is 5.73 Å². The second-order valence-electron chi connectivity index (χ2n) is 5.63. The van der Waals surface area contributed by atoms with Crippen molar-refractivity contribution in [3.05, 3.63) is 59.6 Å². The number of carbonyl (C=O) groups excluding carboxylic acids is 1. The van der Waals surface area contributed by atoms with Crippen molar-refractivity contribution >= 4 is 17.6 Å². The molecule has 6 nitrogen and oxygen atoms in total. The first kappa shape index (κ1) is 15.0. The van der Waals surface area contributed by atoms with Crippen LogP contribution >= 0.6 is 0 Å². The van der Waals surface area contributed by atoms with E-state index in [1.54, 1.807) is 12.3 Å². The molecule has 0 aromatic rings. The molecule has 0 spiro atoms. The van der Waals surface area contributed by atoms with Crippen molar-refractivity contribution in [1.29, 1.82) is 0 Å². The summed E-state index contributed by atoms with van der Waals surface area (Å²) in [5, 5.41) is 9.56. The lowest BCUT2D eigenvalue weighted by Crippen LogP contribution is -2.32. The SMILES string of the molecule is NC1=CCC(=O)C=C1C(CC1=CN=C2C=CC=CN2C1)C(=O)O. The predicted molar refractivity (Wildman–Crippen MR) is 86.2 cm³/mol. The molecule has 3 aliphatic rings. The lowest BCUT2D eigenvalue weighted by atomic mass is 9.86. The number of ketones is 1. The number of carboxylic acids is 1. The second-order valence-corrected chi connectivity index (χ2v) is 5.63. The summed E-state index contributed by atoms with van der Waals surface area (Å²) < 4.78 is 0. The van der Waals surface area contributed by atoms with Crippen molar-refractivity contribution in [1.82, 2.24) is 4.90 Å². The van der Waals surface area contributed by atoms with E-state index in [0.717, 1.165) is 11.4 Å². The largest absolute Gasteiger partial charge is 0.481 e. The Kier molecular flexibility index (Phi) is 3.97. The van der Waals surface area contributed by atoms with Crippen LogP contribution in [0.1, 0.15) is 12.8 Å². The van der Waals surface area contributed by atoms with E-state index in [1.165, 1.54) is 6.08 Å². The van der Waals surface area contributed by atoms with E-state index in [9.17, 15) is 14.7 Å². The molecule has 0 amide bonds. The Labute approximate surface area is 133 Å². The molecule has 0 aromatic carbocycles. The van der Waals surface area contributed by atoms with Crippen LogP contribution in [0.3, 0.4) is 0 Å². The summed E-state index contributed by atoms with van der Waals surface area (Å²) in [5.41, 5.74) is 7.53. The zero-order valence-electron chi connectivity index (χ0n) is 12.5. The normalized spacial score (nSPS) is 21.0. The quantitative estimate of drug-likeness (QED) is 0.820. The van der Waals surface area contributed by atoms with Gasteiger partial charge in [0.2, 0.25) is 0 Å². The number of hydrogen-bond acceptors (Lipinski definition) is 5. The average Bonchev–Trinajstić information content (AvgIpc) is 2.54. The summed E-state index contributed by atoms with van der Waals surface area (Å²) in [7, 11) is 0. The Morgan fingerprint density at radius 1 is 1.43 bits per heavy atom. The minimum atomic E-state index is -0.993. The van der Waals surface area contributed by atoms with Crippen molar-refractivity contribution in [2.24, 2.45) is 16.6 Å². The van der Waals surface area contributed by atoms with Gasteiger partial charge in [0.05, 0.1) is 5.92 Å². The molecule has 2 heterocycles. The third-order valence-corrected chi connectivity index (χ3v) is 3.98. The van der Waals surface area contributed by atoms with Gasteiger partial charge in [0, 0.05) is 31.1 Å². The van der Waals surface area contributed by atoms with Gasteiger partial charge in [-0.3, -0.25) is 9.59 Å². The fourth-order valence-electron chi connectivity index (χ4n) is 2.79. The number of allylic oxidation sites excluding steroid dienone is 5. The fraction of sp³-hybridized carbons (Fsp3) is 0.235. The van der Waals surface area contributed by atoms with Crippen molar-refractivity contribution in [2.45, 2.75) is 12.8 Å². The first-order chi connectivity index (χ1) is 11.0. The molecule has 23 heavy (non-hydrogen) atoms. The standard InChI is InChI=1S/C17H17N3O3/c18-15-5-4-12(21)8-13(15)14(17(22)23)7-11-9-19-16-3-1-2-6-20(16)10-11/h1-3,5-6,8-9,14H,4,7,10,18H2,(H,22,23). The maximum atomic E-state index is 11.7. The van der Waals surface area contributed by atoms with Gasteiger partial charge in [0.15, 0.2) is 5.78 Å². The smallest absolute Gasteiger partial charge is 0.311 e. The zero-order chi connectivity index (χ0) is 16.4. The van der Waals surface area contributed by atoms with E-state index in [2.05, 4.69) is 4.99 Å². The van der Waals surface area contributed by atoms with Gasteiger partial charge in [-0.05, 0) is 35.8 Å². The molecule has 3 rings (SSSR count). The molecule has 0 saturated heterocycles. The van der Waals surface area contributed by atoms with Gasteiger partial charge < -0.3 is 15.7 Å². The number of hydrogen-bond donors (Lipinski definition) is 2. The van der Waals surface area contributed by atoms with E-state index >= 15 is 0 Å². The maximum absolute atomic E-state index is 11.7. The zero-order valence-corrected chi connectivity index (χ0v) is 12.5. The Morgan fingerprint density at radius 2 is 2.26 bits per heavy atom. The number of fused-ring (bicyclic) bond motifs is 1. The minimum absolute atomic E-state index is 0.123. The van der Waals surface area contributed by atoms with Crippen LogP contribution in [-0.4, -0.2) is 34.1 Å². The number of carbonyl (C=O) groups is 2. The van der Waals surface area contributed by atoms with Crippen molar-refractivity contribution < 1.29 is 14.7 Å². The summed E-state index contributed by atoms with van der Waals surface area (Å²) in [6.07, 6.45) is 12.7. The van der Waals surface area contributed by atoms with E-state index in [4.69, 9.17) is 5.73 Å². The van der Waals surface area contributed by atoms with E-state index in [-0.39, 0.29) is 18.6 Å². The molecule has 1 aliphatic carbocycles. The molecule has 0 radical (unpaired) electrons. The molecule has 118 valence electrons. The number of amidine groups is 1. The molecule has 1 atom stereocenters. The highest BCUT2D eigenvalue weighted by Crippen LogP contribution is 2.28. The van der Waals surface area contributed by atoms with Crippen LogP contribution in [0.2, 0.25) is 0 Å². The van der Waals surface area contributed by atoms with Crippen LogP contribution in [0.15, 0.2) is 64.6 Å². The average molecular weight is 311 g/mol. The Hall–Kier alpha value is -2.89. The first-order valence-corrected chi connectivity index (χ1v) is 7.35. The number of aliphatic imine (C=N–C) groups is 1. The highest BCUT2D eigenvalue weighted by Gasteiger charge is 2.29. The predicted octanol–water partition coefficient (Wildman–Crippen LogP) is 1.50. The Morgan fingerprint density at radius 3 is 3.04 bits per heavy atom. The van der Waals surface area contributed by atoms with Crippen LogP contribution in [0, 0.1) is 5.92 Å². The van der Waals surface area contributed by atoms with Gasteiger partial charge >= 0.3 is 5.97 Å². The van der Waals surface area contributed by atoms with Crippen molar-refractivity contribution in [3.63, 3.8) is 0 Å². The number of carboxylic acid groups (broad SMARTS) is 1. The van der Waals surface area contributed by atoms with E-state index in [0.29, 0.717) is 17.8 Å². The number of rotatable bonds is 4. The third kappa shape index (κ3) is 3.15. The molecule has 0 bridgehead atoms. The number of nitrogens with two attached hydrogens (primary N) is 1. The summed E-state index contributed by atoms with van der Waals surface area (Å²) in [6, 6.07) is 0. The van der Waals surface area contributed by atoms with Gasteiger partial charge in [-0.2, -0.15) is 0 Å². The topological polar surface area (TPSA) is 96.0 Å². The van der Waals surface area contributed by atoms with Crippen molar-refractivity contribution in [2.75, 3.05) is 6.54 Å². The maximum Gasteiger partial charge on any atom is 0.311 e. The van der Waals surface area contributed by atoms with Crippen LogP contribution in [0.5, 0.6) is 0 Å². The van der Waals surface area contributed by atoms with Gasteiger partial charge in [-0.25, -0.2) is 4.99 Å². The van der Waals surface area contributed by atoms with Crippen LogP contribution in [0.4, 0.5) is 0 Å². The van der Waals surface area contributed by atoms with Gasteiger partial charge in [-0.1, -0.05) is 12.2 Å². The van der Waals surface area contributed by atoms with E-state index < -0.39 is 11.9 Å². The molecule has 0 saturated carbocycles. The molecule has 1 unspecified atom stereocenters. The molecule has 6 heteroatoms. The summed E-state index contributed by atoms with van der Waals surface area (Å²) in [6.45, 7) is 0.578. The van der Waals surface area contributed by atoms with E-state index in [1.807, 2.05) is 29.3 Å². The van der Waals surface area contributed by atoms with Gasteiger partial charge in [0.25, 0.3) is 0 Å². The monoisotopic (exact) mass is 311 g/mol. The molecule has 2 aliphatic heterocycles. The Balaban J connectivity index is 1.83. The van der Waals surface area contributed by atoms with Crippen molar-refractivity contribution in [3.8, 4) is 0 Å². The van der Waals surface area contributed by atoms with Crippen LogP contribution in [-0.2, 0) is 9.59 Å². The molecule has 0 aromatic heterocycles. The number of nitrogens with zero attached hydrogens (tertiary/aromatic N) is 2. The molecular weight excluding hydrogens is 294 g/mol. The summed E-state index contributed by atoms with van der Waals surface area (Å²) in [5.74, 6) is -1.13. The second kappa shape index (κ2) is 6.08. The number of aliphatic carboxylic acids is 1. The minimum Gasteiger partial charge on any atom is -0.481 e. The lowest BCUT2D eigenvalue weighted by Gasteiger charge is -2.28. The molecule has 0 fully saturated rings. The summed E-state index contributed by atoms with van der Waals surface area (Å²) >= 11 is 0. The molecular formula is C17H17N3O3. The first-order valence-electron chi connectivity index (χ1n) is 7.35. The highest BCUT2D eigenvalue weighted by atomic mass is 16.4. The highest BCUT2D eigenvalue weighted by molar-refractivity contribution is 5.96.